The number of carbonyl (C=O) groups is 1. The fourth-order valence-corrected chi connectivity index (χ4v) is 3.68. The van der Waals surface area contributed by atoms with Crippen molar-refractivity contribution in [3.05, 3.63) is 28.5 Å². The molecule has 0 N–H and O–H groups in total. The van der Waals surface area contributed by atoms with E-state index in [4.69, 9.17) is 0 Å². The highest BCUT2D eigenvalue weighted by molar-refractivity contribution is 9.10. The maximum Gasteiger partial charge on any atom is 0.236 e. The highest BCUT2D eigenvalue weighted by Crippen LogP contribution is 2.30. The van der Waals surface area contributed by atoms with Crippen LogP contribution in [-0.4, -0.2) is 63.8 Å². The molecule has 0 radical (unpaired) electrons. The molecule has 22 heavy (non-hydrogen) atoms. The van der Waals surface area contributed by atoms with Gasteiger partial charge in [0.1, 0.15) is 15.9 Å². The van der Waals surface area contributed by atoms with Gasteiger partial charge < -0.3 is 9.80 Å². The summed E-state index contributed by atoms with van der Waals surface area (Å²) in [5.74, 6) is 1.46. The van der Waals surface area contributed by atoms with Crippen LogP contribution in [0.3, 0.4) is 0 Å². The SMILES string of the molecule is Cc1nccn2c(C3CCN(C(=O)CN(C)C)C3)nc(Br)c12. The number of aryl methyl sites for hydroxylation is 1. The molecule has 1 fully saturated rings. The molecule has 1 aliphatic heterocycles. The molecule has 1 saturated heterocycles. The summed E-state index contributed by atoms with van der Waals surface area (Å²) in [6.45, 7) is 3.97. The van der Waals surface area contributed by atoms with Crippen molar-refractivity contribution in [1.29, 1.82) is 0 Å². The number of hydrogen-bond donors (Lipinski definition) is 0. The molecule has 3 rings (SSSR count). The molecule has 118 valence electrons. The third-order valence-electron chi connectivity index (χ3n) is 4.08. The minimum absolute atomic E-state index is 0.185. The summed E-state index contributed by atoms with van der Waals surface area (Å²) in [7, 11) is 3.83. The lowest BCUT2D eigenvalue weighted by Gasteiger charge is -2.18. The van der Waals surface area contributed by atoms with Gasteiger partial charge in [-0.05, 0) is 43.4 Å². The van der Waals surface area contributed by atoms with E-state index in [2.05, 4.69) is 30.3 Å². The lowest BCUT2D eigenvalue weighted by Crippen LogP contribution is -2.36. The predicted octanol–water partition coefficient (Wildman–Crippen LogP) is 1.68. The standard InChI is InChI=1S/C15H20BrN5O/c1-10-13-14(16)18-15(21(13)7-5-17-10)11-4-6-20(8-11)12(22)9-19(2)3/h5,7,11H,4,6,8-9H2,1-3H3. The molecule has 0 spiro atoms. The minimum atomic E-state index is 0.185. The van der Waals surface area contributed by atoms with E-state index >= 15 is 0 Å². The van der Waals surface area contributed by atoms with Crippen molar-refractivity contribution in [3.63, 3.8) is 0 Å². The number of amides is 1. The van der Waals surface area contributed by atoms with Gasteiger partial charge in [0.25, 0.3) is 0 Å². The molecule has 0 saturated carbocycles. The van der Waals surface area contributed by atoms with E-state index in [0.29, 0.717) is 6.54 Å². The lowest BCUT2D eigenvalue weighted by molar-refractivity contribution is -0.130. The number of fused-ring (bicyclic) bond motifs is 1. The third-order valence-corrected chi connectivity index (χ3v) is 4.63. The van der Waals surface area contributed by atoms with Gasteiger partial charge in [0.2, 0.25) is 5.91 Å². The second kappa shape index (κ2) is 5.96. The molecule has 6 nitrogen and oxygen atoms in total. The Morgan fingerprint density at radius 2 is 2.27 bits per heavy atom. The smallest absolute Gasteiger partial charge is 0.236 e. The number of halogens is 1. The zero-order valence-electron chi connectivity index (χ0n) is 13.1. The van der Waals surface area contributed by atoms with Gasteiger partial charge >= 0.3 is 0 Å². The Morgan fingerprint density at radius 3 is 3.00 bits per heavy atom. The maximum absolute atomic E-state index is 12.2. The van der Waals surface area contributed by atoms with Crippen molar-refractivity contribution in [2.75, 3.05) is 33.7 Å². The Labute approximate surface area is 138 Å². The number of nitrogens with zero attached hydrogens (tertiary/aromatic N) is 5. The van der Waals surface area contributed by atoms with Crippen molar-refractivity contribution in [3.8, 4) is 0 Å². The summed E-state index contributed by atoms with van der Waals surface area (Å²) >= 11 is 3.53. The van der Waals surface area contributed by atoms with Crippen LogP contribution in [0.2, 0.25) is 0 Å². The fraction of sp³-hybridized carbons (Fsp3) is 0.533. The second-order valence-corrected chi connectivity index (χ2v) is 6.81. The quantitative estimate of drug-likeness (QED) is 0.830. The molecule has 0 aromatic carbocycles. The molecular formula is C15H20BrN5O. The number of hydrogen-bond acceptors (Lipinski definition) is 4. The zero-order valence-corrected chi connectivity index (χ0v) is 14.7. The number of imidazole rings is 1. The maximum atomic E-state index is 12.2. The first-order valence-corrected chi connectivity index (χ1v) is 8.18. The van der Waals surface area contributed by atoms with E-state index in [1.54, 1.807) is 6.20 Å². The van der Waals surface area contributed by atoms with Gasteiger partial charge in [0.15, 0.2) is 0 Å². The third kappa shape index (κ3) is 2.75. The second-order valence-electron chi connectivity index (χ2n) is 6.06. The van der Waals surface area contributed by atoms with E-state index in [9.17, 15) is 4.79 Å². The molecule has 1 amide bonds. The largest absolute Gasteiger partial charge is 0.341 e. The summed E-state index contributed by atoms with van der Waals surface area (Å²) in [5, 5.41) is 0. The van der Waals surface area contributed by atoms with Gasteiger partial charge in [-0.3, -0.25) is 14.2 Å². The number of rotatable bonds is 3. The van der Waals surface area contributed by atoms with E-state index < -0.39 is 0 Å². The molecule has 2 aromatic heterocycles. The molecule has 7 heteroatoms. The number of likely N-dealkylation sites (N-methyl/N-ethyl adjacent to an activating group) is 1. The van der Waals surface area contributed by atoms with Gasteiger partial charge in [-0.25, -0.2) is 4.98 Å². The van der Waals surface area contributed by atoms with E-state index in [0.717, 1.165) is 41.1 Å². The van der Waals surface area contributed by atoms with Crippen molar-refractivity contribution in [2.24, 2.45) is 0 Å². The zero-order chi connectivity index (χ0) is 15.9. The van der Waals surface area contributed by atoms with Crippen LogP contribution < -0.4 is 0 Å². The van der Waals surface area contributed by atoms with E-state index in [1.807, 2.05) is 37.0 Å². The number of aromatic nitrogens is 3. The average Bonchev–Trinajstić information content (AvgIpc) is 3.04. The molecule has 1 atom stereocenters. The molecule has 3 heterocycles. The molecule has 1 aliphatic rings. The molecule has 0 aliphatic carbocycles. The van der Waals surface area contributed by atoms with Crippen LogP contribution in [0, 0.1) is 6.92 Å². The average molecular weight is 366 g/mol. The van der Waals surface area contributed by atoms with Crippen LogP contribution in [0.1, 0.15) is 23.9 Å². The Kier molecular flexibility index (Phi) is 4.18. The van der Waals surface area contributed by atoms with Crippen LogP contribution in [-0.2, 0) is 4.79 Å². The van der Waals surface area contributed by atoms with Crippen molar-refractivity contribution >= 4 is 27.4 Å². The van der Waals surface area contributed by atoms with Crippen molar-refractivity contribution < 1.29 is 4.79 Å². The summed E-state index contributed by atoms with van der Waals surface area (Å²) in [5.41, 5.74) is 1.96. The number of carbonyl (C=O) groups excluding carboxylic acids is 1. The molecular weight excluding hydrogens is 346 g/mol. The highest BCUT2D eigenvalue weighted by atomic mass is 79.9. The first-order chi connectivity index (χ1) is 10.5. The topological polar surface area (TPSA) is 53.7 Å². The Hall–Kier alpha value is -1.47. The van der Waals surface area contributed by atoms with Gasteiger partial charge in [-0.15, -0.1) is 0 Å². The first-order valence-electron chi connectivity index (χ1n) is 7.39. The molecule has 0 bridgehead atoms. The Bertz CT molecular complexity index is 711. The van der Waals surface area contributed by atoms with Gasteiger partial charge in [0, 0.05) is 31.4 Å². The van der Waals surface area contributed by atoms with Gasteiger partial charge in [-0.1, -0.05) is 0 Å². The Morgan fingerprint density at radius 1 is 1.50 bits per heavy atom. The van der Waals surface area contributed by atoms with Crippen molar-refractivity contribution in [2.45, 2.75) is 19.3 Å². The van der Waals surface area contributed by atoms with E-state index in [-0.39, 0.29) is 11.8 Å². The summed E-state index contributed by atoms with van der Waals surface area (Å²) in [6, 6.07) is 0. The summed E-state index contributed by atoms with van der Waals surface area (Å²) < 4.78 is 2.92. The number of likely N-dealkylation sites (tertiary alicyclic amines) is 1. The molecule has 1 unspecified atom stereocenters. The van der Waals surface area contributed by atoms with Crippen LogP contribution in [0.5, 0.6) is 0 Å². The van der Waals surface area contributed by atoms with Crippen molar-refractivity contribution in [1.82, 2.24) is 24.2 Å². The lowest BCUT2D eigenvalue weighted by atomic mass is 10.1. The summed E-state index contributed by atoms with van der Waals surface area (Å²) in [4.78, 5) is 25.0. The van der Waals surface area contributed by atoms with E-state index in [1.165, 1.54) is 0 Å². The van der Waals surface area contributed by atoms with Crippen LogP contribution >= 0.6 is 15.9 Å². The van der Waals surface area contributed by atoms with Gasteiger partial charge in [0.05, 0.1) is 12.2 Å². The van der Waals surface area contributed by atoms with Crippen LogP contribution in [0.15, 0.2) is 17.0 Å². The molecule has 2 aromatic rings. The first kappa shape index (κ1) is 15.4. The fourth-order valence-electron chi connectivity index (χ4n) is 3.02. The van der Waals surface area contributed by atoms with Crippen LogP contribution in [0.4, 0.5) is 0 Å². The normalized spacial score (nSPS) is 18.6. The highest BCUT2D eigenvalue weighted by Gasteiger charge is 2.30. The summed E-state index contributed by atoms with van der Waals surface area (Å²) in [6.07, 6.45) is 4.69. The predicted molar refractivity (Wildman–Crippen MR) is 87.9 cm³/mol. The minimum Gasteiger partial charge on any atom is -0.341 e. The monoisotopic (exact) mass is 365 g/mol. The van der Waals surface area contributed by atoms with Crippen LogP contribution in [0.25, 0.3) is 5.52 Å². The Balaban J connectivity index is 1.85. The van der Waals surface area contributed by atoms with Gasteiger partial charge in [-0.2, -0.15) is 0 Å².